The maximum atomic E-state index is 8.87. The van der Waals surface area contributed by atoms with Crippen LogP contribution in [0.1, 0.15) is 19.4 Å². The van der Waals surface area contributed by atoms with Crippen LogP contribution in [0.25, 0.3) is 0 Å². The van der Waals surface area contributed by atoms with Crippen LogP contribution in [0.15, 0.2) is 18.2 Å². The van der Waals surface area contributed by atoms with Gasteiger partial charge >= 0.3 is 0 Å². The molecule has 1 rings (SSSR count). The highest BCUT2D eigenvalue weighted by Gasteiger charge is 2.03. The molecule has 4 nitrogen and oxygen atoms in total. The van der Waals surface area contributed by atoms with Crippen molar-refractivity contribution in [2.24, 2.45) is 0 Å². The summed E-state index contributed by atoms with van der Waals surface area (Å²) in [7, 11) is 0. The molecule has 4 heteroatoms. The first kappa shape index (κ1) is 12.3. The first-order valence-corrected chi connectivity index (χ1v) is 5.17. The molecule has 0 bridgehead atoms. The van der Waals surface area contributed by atoms with Crippen molar-refractivity contribution in [2.75, 3.05) is 18.9 Å². The summed E-state index contributed by atoms with van der Waals surface area (Å²) >= 11 is 0. The Bertz CT molecular complexity index is 383. The average Bonchev–Trinajstić information content (AvgIpc) is 2.25. The van der Waals surface area contributed by atoms with E-state index in [0.717, 1.165) is 0 Å². The van der Waals surface area contributed by atoms with E-state index in [1.165, 1.54) is 0 Å². The predicted octanol–water partition coefficient (Wildman–Crippen LogP) is 1.94. The molecule has 0 aromatic heterocycles. The van der Waals surface area contributed by atoms with E-state index in [1.807, 2.05) is 19.9 Å². The fraction of sp³-hybridized carbons (Fsp3) is 0.417. The Morgan fingerprint density at radius 3 is 2.75 bits per heavy atom. The number of rotatable bonds is 5. The van der Waals surface area contributed by atoms with Gasteiger partial charge in [0.05, 0.1) is 18.3 Å². The van der Waals surface area contributed by atoms with Gasteiger partial charge in [-0.05, 0) is 32.0 Å². The lowest BCUT2D eigenvalue weighted by Gasteiger charge is -2.10. The maximum Gasteiger partial charge on any atom is 0.137 e. The van der Waals surface area contributed by atoms with Crippen LogP contribution in [0.2, 0.25) is 0 Å². The number of anilines is 1. The Labute approximate surface area is 95.6 Å². The quantitative estimate of drug-likeness (QED) is 0.608. The van der Waals surface area contributed by atoms with E-state index in [2.05, 4.69) is 0 Å². The zero-order chi connectivity index (χ0) is 12.0. The average molecular weight is 220 g/mol. The molecule has 0 heterocycles. The van der Waals surface area contributed by atoms with Crippen LogP contribution < -0.4 is 10.5 Å². The molecule has 0 atom stereocenters. The van der Waals surface area contributed by atoms with Crippen molar-refractivity contribution in [2.45, 2.75) is 20.0 Å². The van der Waals surface area contributed by atoms with E-state index in [9.17, 15) is 0 Å². The Balaban J connectivity index is 2.51. The van der Waals surface area contributed by atoms with Crippen molar-refractivity contribution >= 4 is 5.69 Å². The van der Waals surface area contributed by atoms with Crippen LogP contribution in [-0.4, -0.2) is 19.3 Å². The van der Waals surface area contributed by atoms with Crippen LogP contribution in [0, 0.1) is 11.3 Å². The largest absolute Gasteiger partial charge is 0.490 e. The highest BCUT2D eigenvalue weighted by molar-refractivity contribution is 5.53. The molecule has 86 valence electrons. The number of hydrogen-bond donors (Lipinski definition) is 1. The van der Waals surface area contributed by atoms with Crippen LogP contribution >= 0.6 is 0 Å². The van der Waals surface area contributed by atoms with Gasteiger partial charge in [-0.15, -0.1) is 0 Å². The monoisotopic (exact) mass is 220 g/mol. The van der Waals surface area contributed by atoms with Gasteiger partial charge in [-0.25, -0.2) is 0 Å². The SMILES string of the molecule is CC(C)OCCOc1ccc(N)cc1C#N. The lowest BCUT2D eigenvalue weighted by atomic mass is 10.2. The van der Waals surface area contributed by atoms with Crippen LogP contribution in [0.3, 0.4) is 0 Å². The normalized spacial score (nSPS) is 10.1. The lowest BCUT2D eigenvalue weighted by molar-refractivity contribution is 0.0552. The molecule has 1 aromatic carbocycles. The molecule has 0 saturated heterocycles. The van der Waals surface area contributed by atoms with Crippen LogP contribution in [-0.2, 0) is 4.74 Å². The third-order valence-corrected chi connectivity index (χ3v) is 1.92. The van der Waals surface area contributed by atoms with Gasteiger partial charge in [0.1, 0.15) is 18.4 Å². The molecule has 16 heavy (non-hydrogen) atoms. The number of nitrogen functional groups attached to an aromatic ring is 1. The summed E-state index contributed by atoms with van der Waals surface area (Å²) in [6.07, 6.45) is 0.186. The van der Waals surface area contributed by atoms with Gasteiger partial charge in [-0.3, -0.25) is 0 Å². The van der Waals surface area contributed by atoms with Crippen molar-refractivity contribution in [3.63, 3.8) is 0 Å². The van der Waals surface area contributed by atoms with Gasteiger partial charge < -0.3 is 15.2 Å². The zero-order valence-electron chi connectivity index (χ0n) is 9.56. The van der Waals surface area contributed by atoms with Gasteiger partial charge in [0.15, 0.2) is 0 Å². The third kappa shape index (κ3) is 3.79. The first-order valence-electron chi connectivity index (χ1n) is 5.17. The number of hydrogen-bond acceptors (Lipinski definition) is 4. The summed E-state index contributed by atoms with van der Waals surface area (Å²) in [5, 5.41) is 8.87. The fourth-order valence-corrected chi connectivity index (χ4v) is 1.20. The zero-order valence-corrected chi connectivity index (χ0v) is 9.56. The van der Waals surface area contributed by atoms with Crippen LogP contribution in [0.4, 0.5) is 5.69 Å². The number of nitrogens with two attached hydrogens (primary N) is 1. The van der Waals surface area contributed by atoms with Crippen LogP contribution in [0.5, 0.6) is 5.75 Å². The Morgan fingerprint density at radius 2 is 2.12 bits per heavy atom. The van der Waals surface area contributed by atoms with Crippen molar-refractivity contribution in [1.82, 2.24) is 0 Å². The van der Waals surface area contributed by atoms with E-state index in [1.54, 1.807) is 18.2 Å². The molecule has 0 aliphatic heterocycles. The van der Waals surface area contributed by atoms with E-state index in [4.69, 9.17) is 20.5 Å². The number of nitrogens with zero attached hydrogens (tertiary/aromatic N) is 1. The summed E-state index contributed by atoms with van der Waals surface area (Å²) in [5.74, 6) is 0.545. The van der Waals surface area contributed by atoms with Gasteiger partial charge in [0, 0.05) is 5.69 Å². The second-order valence-electron chi connectivity index (χ2n) is 3.64. The second-order valence-corrected chi connectivity index (χ2v) is 3.64. The molecule has 0 aliphatic carbocycles. The molecular formula is C12H16N2O2. The van der Waals surface area contributed by atoms with E-state index < -0.39 is 0 Å². The van der Waals surface area contributed by atoms with E-state index in [0.29, 0.717) is 30.2 Å². The topological polar surface area (TPSA) is 68.3 Å². The minimum Gasteiger partial charge on any atom is -0.490 e. The molecule has 0 amide bonds. The van der Waals surface area contributed by atoms with Crippen molar-refractivity contribution < 1.29 is 9.47 Å². The van der Waals surface area contributed by atoms with E-state index >= 15 is 0 Å². The smallest absolute Gasteiger partial charge is 0.137 e. The summed E-state index contributed by atoms with van der Waals surface area (Å²) in [6.45, 7) is 4.86. The summed E-state index contributed by atoms with van der Waals surface area (Å²) in [6, 6.07) is 7.04. The van der Waals surface area contributed by atoms with Gasteiger partial charge in [-0.2, -0.15) is 5.26 Å². The maximum absolute atomic E-state index is 8.87. The molecule has 0 radical (unpaired) electrons. The highest BCUT2D eigenvalue weighted by atomic mass is 16.5. The molecule has 0 saturated carbocycles. The number of benzene rings is 1. The molecule has 2 N–H and O–H groups in total. The summed E-state index contributed by atoms with van der Waals surface area (Å²) in [5.41, 5.74) is 6.57. The minimum atomic E-state index is 0.186. The standard InChI is InChI=1S/C12H16N2O2/c1-9(2)15-5-6-16-12-4-3-11(14)7-10(12)8-13/h3-4,7,9H,5-6,14H2,1-2H3. The third-order valence-electron chi connectivity index (χ3n) is 1.92. The first-order chi connectivity index (χ1) is 7.63. The van der Waals surface area contributed by atoms with Gasteiger partial charge in [0.2, 0.25) is 0 Å². The number of nitriles is 1. The Hall–Kier alpha value is -1.73. The van der Waals surface area contributed by atoms with E-state index in [-0.39, 0.29) is 6.10 Å². The summed E-state index contributed by atoms with van der Waals surface area (Å²) < 4.78 is 10.8. The molecule has 0 spiro atoms. The van der Waals surface area contributed by atoms with Crippen molar-refractivity contribution in [1.29, 1.82) is 5.26 Å². The lowest BCUT2D eigenvalue weighted by Crippen LogP contribution is -2.11. The molecule has 0 fully saturated rings. The molecule has 1 aromatic rings. The molecule has 0 aliphatic rings. The Kier molecular flexibility index (Phi) is 4.62. The molecule has 0 unspecified atom stereocenters. The fourth-order valence-electron chi connectivity index (χ4n) is 1.20. The van der Waals surface area contributed by atoms with Gasteiger partial charge in [0.25, 0.3) is 0 Å². The number of ether oxygens (including phenoxy) is 2. The predicted molar refractivity (Wildman–Crippen MR) is 62.2 cm³/mol. The van der Waals surface area contributed by atoms with Gasteiger partial charge in [-0.1, -0.05) is 0 Å². The second kappa shape index (κ2) is 5.99. The Morgan fingerprint density at radius 1 is 1.38 bits per heavy atom. The minimum absolute atomic E-state index is 0.186. The van der Waals surface area contributed by atoms with Crippen molar-refractivity contribution in [3.8, 4) is 11.8 Å². The highest BCUT2D eigenvalue weighted by Crippen LogP contribution is 2.20. The van der Waals surface area contributed by atoms with Crippen molar-refractivity contribution in [3.05, 3.63) is 23.8 Å². The molecular weight excluding hydrogens is 204 g/mol. The summed E-state index contributed by atoms with van der Waals surface area (Å²) in [4.78, 5) is 0.